The Morgan fingerprint density at radius 2 is 1.48 bits per heavy atom. The van der Waals surface area contributed by atoms with Gasteiger partial charge in [0, 0.05) is 29.1 Å². The average Bonchev–Trinajstić information content (AvgIpc) is 3.37. The number of unbranched alkanes of at least 4 members (excludes halogenated alkanes) is 1. The number of hydrogen-bond donors (Lipinski definition) is 0. The zero-order chi connectivity index (χ0) is 31.4. The normalized spacial score (nSPS) is 11.9. The van der Waals surface area contributed by atoms with Crippen LogP contribution in [0.3, 0.4) is 0 Å². The summed E-state index contributed by atoms with van der Waals surface area (Å²) in [5, 5.41) is 4.55. The number of amides is 1. The summed E-state index contributed by atoms with van der Waals surface area (Å²) in [7, 11) is 0. The van der Waals surface area contributed by atoms with Crippen molar-refractivity contribution in [2.24, 2.45) is 0 Å². The van der Waals surface area contributed by atoms with E-state index in [2.05, 4.69) is 88.4 Å². The van der Waals surface area contributed by atoms with Crippen LogP contribution in [0.25, 0.3) is 20.9 Å². The van der Waals surface area contributed by atoms with Gasteiger partial charge in [-0.1, -0.05) is 88.9 Å². The molecule has 0 bridgehead atoms. The van der Waals surface area contributed by atoms with Crippen molar-refractivity contribution in [2.75, 3.05) is 26.2 Å². The first-order chi connectivity index (χ1) is 21.1. The number of carbonyl (C=O) groups is 1. The van der Waals surface area contributed by atoms with Crippen LogP contribution in [0.5, 0.6) is 0 Å². The van der Waals surface area contributed by atoms with E-state index in [1.165, 1.54) is 38.8 Å². The molecule has 0 saturated heterocycles. The molecule has 1 amide bonds. The number of aryl methyl sites for hydroxylation is 3. The van der Waals surface area contributed by atoms with Crippen LogP contribution in [0, 0.1) is 20.8 Å². The Morgan fingerprint density at radius 1 is 0.795 bits per heavy atom. The molecule has 0 radical (unpaired) electrons. The van der Waals surface area contributed by atoms with Gasteiger partial charge in [0.2, 0.25) is 0 Å². The van der Waals surface area contributed by atoms with Gasteiger partial charge in [-0.15, -0.1) is 11.3 Å². The fourth-order valence-corrected chi connectivity index (χ4v) is 8.41. The highest BCUT2D eigenvalue weighted by Gasteiger charge is 2.26. The first-order valence-electron chi connectivity index (χ1n) is 15.7. The first-order valence-corrected chi connectivity index (χ1v) is 17.3. The topological polar surface area (TPSA) is 20.3 Å². The number of nitrogens with zero attached hydrogens (tertiary/aromatic N) is 2. The number of thiophene rings is 1. The smallest absolute Gasteiger partial charge is 0.264 e. The molecule has 3 nitrogen and oxygen atoms in total. The third-order valence-electron chi connectivity index (χ3n) is 9.10. The van der Waals surface area contributed by atoms with Gasteiger partial charge in [-0.3, -0.25) is 4.79 Å². The number of rotatable bonds is 12. The van der Waals surface area contributed by atoms with Gasteiger partial charge in [0.05, 0.1) is 34.2 Å². The molecule has 0 saturated carbocycles. The van der Waals surface area contributed by atoms with Crippen molar-refractivity contribution < 1.29 is 9.28 Å². The summed E-state index contributed by atoms with van der Waals surface area (Å²) in [5.74, 6) is 0.0472. The highest BCUT2D eigenvalue weighted by Crippen LogP contribution is 2.40. The number of hydrogen-bond acceptors (Lipinski definition) is 2. The lowest BCUT2D eigenvalue weighted by Gasteiger charge is -2.37. The molecular weight excluding hydrogens is 603 g/mol. The van der Waals surface area contributed by atoms with Crippen molar-refractivity contribution in [1.82, 2.24) is 4.90 Å². The minimum absolute atomic E-state index is 0.0472. The van der Waals surface area contributed by atoms with Gasteiger partial charge in [-0.05, 0) is 87.6 Å². The van der Waals surface area contributed by atoms with Crippen LogP contribution >= 0.6 is 34.5 Å². The standard InChI is InChI=1S/C38H43Cl2N2OS/c1-6-42(7-2,25-30-21-26(3)20-27(4)22-30)19-11-10-18-41(24-29-14-15-31-12-8-9-13-32(31)23-29)38(43)36-28(5)35-33(39)16-17-34(40)37(35)44-36/h8-9,12-17,20-23H,6-7,10-11,18-19,24-25H2,1-5H3/q+1. The predicted octanol–water partition coefficient (Wildman–Crippen LogP) is 10.8. The maximum atomic E-state index is 14.3. The Kier molecular flexibility index (Phi) is 10.4. The van der Waals surface area contributed by atoms with Crippen LogP contribution in [0.1, 0.15) is 64.2 Å². The van der Waals surface area contributed by atoms with E-state index < -0.39 is 0 Å². The molecule has 5 aromatic rings. The molecule has 0 N–H and O–H groups in total. The predicted molar refractivity (Wildman–Crippen MR) is 190 cm³/mol. The van der Waals surface area contributed by atoms with E-state index in [1.54, 1.807) is 0 Å². The van der Waals surface area contributed by atoms with Crippen molar-refractivity contribution >= 4 is 61.3 Å². The largest absolute Gasteiger partial charge is 0.334 e. The van der Waals surface area contributed by atoms with Gasteiger partial charge < -0.3 is 9.38 Å². The summed E-state index contributed by atoms with van der Waals surface area (Å²) in [5.41, 5.74) is 6.11. The molecule has 0 aliphatic rings. The Labute approximate surface area is 276 Å². The Bertz CT molecular complexity index is 1770. The molecule has 1 heterocycles. The highest BCUT2D eigenvalue weighted by atomic mass is 35.5. The lowest BCUT2D eigenvalue weighted by molar-refractivity contribution is -0.938. The van der Waals surface area contributed by atoms with Gasteiger partial charge in [0.25, 0.3) is 5.91 Å². The van der Waals surface area contributed by atoms with Crippen LogP contribution in [0.2, 0.25) is 10.0 Å². The molecule has 5 rings (SSSR count). The first kappa shape index (κ1) is 32.5. The molecule has 0 aliphatic heterocycles. The highest BCUT2D eigenvalue weighted by molar-refractivity contribution is 7.21. The lowest BCUT2D eigenvalue weighted by atomic mass is 10.1. The molecule has 0 spiro atoms. The van der Waals surface area contributed by atoms with Crippen molar-refractivity contribution in [3.8, 4) is 0 Å². The van der Waals surface area contributed by atoms with Crippen molar-refractivity contribution in [1.29, 1.82) is 0 Å². The van der Waals surface area contributed by atoms with Gasteiger partial charge in [0.1, 0.15) is 6.54 Å². The van der Waals surface area contributed by atoms with Crippen LogP contribution < -0.4 is 0 Å². The molecule has 6 heteroatoms. The molecule has 230 valence electrons. The maximum Gasteiger partial charge on any atom is 0.264 e. The molecule has 44 heavy (non-hydrogen) atoms. The number of benzene rings is 4. The number of halogens is 2. The summed E-state index contributed by atoms with van der Waals surface area (Å²) < 4.78 is 1.93. The van der Waals surface area contributed by atoms with Gasteiger partial charge in [-0.25, -0.2) is 0 Å². The molecule has 1 aromatic heterocycles. The van der Waals surface area contributed by atoms with Crippen molar-refractivity contribution in [2.45, 2.75) is 60.5 Å². The summed E-state index contributed by atoms with van der Waals surface area (Å²) in [6.07, 6.45) is 1.99. The van der Waals surface area contributed by atoms with Crippen LogP contribution in [0.15, 0.2) is 72.8 Å². The molecule has 0 aliphatic carbocycles. The fraction of sp³-hybridized carbons (Fsp3) is 0.342. The Hall–Kier alpha value is -2.89. The summed E-state index contributed by atoms with van der Waals surface area (Å²) in [6.45, 7) is 16.5. The average molecular weight is 647 g/mol. The van der Waals surface area contributed by atoms with E-state index in [0.29, 0.717) is 23.1 Å². The molecule has 0 unspecified atom stereocenters. The van der Waals surface area contributed by atoms with Crippen molar-refractivity contribution in [3.63, 3.8) is 0 Å². The minimum Gasteiger partial charge on any atom is -0.334 e. The van der Waals surface area contributed by atoms with E-state index in [1.807, 2.05) is 24.0 Å². The van der Waals surface area contributed by atoms with E-state index >= 15 is 0 Å². The molecule has 4 aromatic carbocycles. The van der Waals surface area contributed by atoms with Crippen LogP contribution in [-0.4, -0.2) is 41.5 Å². The maximum absolute atomic E-state index is 14.3. The monoisotopic (exact) mass is 645 g/mol. The zero-order valence-corrected chi connectivity index (χ0v) is 28.9. The second-order valence-corrected chi connectivity index (χ2v) is 14.1. The van der Waals surface area contributed by atoms with Crippen molar-refractivity contribution in [3.05, 3.63) is 116 Å². The third kappa shape index (κ3) is 7.15. The second-order valence-electron chi connectivity index (χ2n) is 12.3. The SMILES string of the molecule is CC[N+](CC)(CCCCN(Cc1ccc2ccccc2c1)C(=O)c1sc2c(Cl)ccc(Cl)c2c1C)Cc1cc(C)cc(C)c1. The summed E-state index contributed by atoms with van der Waals surface area (Å²) in [4.78, 5) is 17.0. The number of quaternary nitrogens is 1. The lowest BCUT2D eigenvalue weighted by Crippen LogP contribution is -2.47. The molecule has 0 atom stereocenters. The number of carbonyl (C=O) groups excluding carboxylic acids is 1. The second kappa shape index (κ2) is 14.0. The Balaban J connectivity index is 1.37. The molecular formula is C38H43Cl2N2OS+. The van der Waals surface area contributed by atoms with E-state index in [4.69, 9.17) is 23.2 Å². The van der Waals surface area contributed by atoms with Crippen LogP contribution in [-0.2, 0) is 13.1 Å². The van der Waals surface area contributed by atoms with E-state index in [0.717, 1.165) is 69.6 Å². The molecule has 0 fully saturated rings. The zero-order valence-electron chi connectivity index (χ0n) is 26.6. The summed E-state index contributed by atoms with van der Waals surface area (Å²) >= 11 is 14.6. The fourth-order valence-electron chi connectivity index (χ4n) is 6.57. The van der Waals surface area contributed by atoms with Gasteiger partial charge in [-0.2, -0.15) is 0 Å². The number of fused-ring (bicyclic) bond motifs is 2. The minimum atomic E-state index is 0.0472. The summed E-state index contributed by atoms with van der Waals surface area (Å²) in [6, 6.07) is 25.4. The van der Waals surface area contributed by atoms with Gasteiger partial charge in [0.15, 0.2) is 0 Å². The quantitative estimate of drug-likeness (QED) is 0.0976. The third-order valence-corrected chi connectivity index (χ3v) is 11.2. The van der Waals surface area contributed by atoms with E-state index in [-0.39, 0.29) is 5.91 Å². The Morgan fingerprint density at radius 3 is 2.16 bits per heavy atom. The van der Waals surface area contributed by atoms with Crippen LogP contribution in [0.4, 0.5) is 0 Å². The van der Waals surface area contributed by atoms with E-state index in [9.17, 15) is 4.79 Å². The van der Waals surface area contributed by atoms with Gasteiger partial charge >= 0.3 is 0 Å².